The molecule has 13 N–H and O–H groups in total. The Bertz CT molecular complexity index is 1270. The van der Waals surface area contributed by atoms with Crippen molar-refractivity contribution in [2.75, 3.05) is 61.5 Å². The van der Waals surface area contributed by atoms with Crippen LogP contribution in [0.3, 0.4) is 0 Å². The van der Waals surface area contributed by atoms with Crippen LogP contribution in [-0.2, 0) is 61.6 Å². The first-order chi connectivity index (χ1) is 28.7. The molecule has 0 bridgehead atoms. The summed E-state index contributed by atoms with van der Waals surface area (Å²) in [5.74, 6) is 0. The van der Waals surface area contributed by atoms with E-state index >= 15 is 0 Å². The maximum absolute atomic E-state index is 11.5. The van der Waals surface area contributed by atoms with Crippen LogP contribution in [0.5, 0.6) is 0 Å². The molecular formula is C34H60O26. The number of methoxy groups -OCH3 is 4. The summed E-state index contributed by atoms with van der Waals surface area (Å²) >= 11 is 0. The lowest BCUT2D eigenvalue weighted by atomic mass is 9.95. The van der Waals surface area contributed by atoms with Crippen molar-refractivity contribution in [2.45, 2.75) is 154 Å². The molecule has 60 heavy (non-hydrogen) atoms. The van der Waals surface area contributed by atoms with Gasteiger partial charge in [0.1, 0.15) is 122 Å². The standard InChI is InChI=1S/C34H60O26/c1-48-26-18(43)30(47)52-11(6-36)22(26)58-32-20(45)28(50-3)24(13(8-38)55-32)60-34-21(46)29(51-4)25(14(9-39)56-34)59-33-19(44)27(49-2)23(12(7-37)54-33)57-31-17(42)16(41)15(40)10(5-35)53-31/h10-47H,5-9H2,1-4H3/t10-,11-,12-,13-,14-,15-,16+,17+,18+,19+,20+,21+,22-,23-,24-,25-,26-,27-,28-,29-,30?,31-,32-,33-,34-/m1/s1. The van der Waals surface area contributed by atoms with Crippen molar-refractivity contribution in [1.29, 1.82) is 0 Å². The lowest BCUT2D eigenvalue weighted by Gasteiger charge is -2.50. The van der Waals surface area contributed by atoms with E-state index in [9.17, 15) is 66.4 Å². The van der Waals surface area contributed by atoms with Crippen molar-refractivity contribution >= 4 is 0 Å². The molecule has 5 aliphatic rings. The highest BCUT2D eigenvalue weighted by molar-refractivity contribution is 5.00. The van der Waals surface area contributed by atoms with Crippen LogP contribution >= 0.6 is 0 Å². The Balaban J connectivity index is 1.29. The highest BCUT2D eigenvalue weighted by Gasteiger charge is 2.57. The van der Waals surface area contributed by atoms with Gasteiger partial charge in [-0.3, -0.25) is 0 Å². The third-order valence-corrected chi connectivity index (χ3v) is 11.3. The van der Waals surface area contributed by atoms with Crippen molar-refractivity contribution in [2.24, 2.45) is 0 Å². The molecule has 0 aliphatic carbocycles. The summed E-state index contributed by atoms with van der Waals surface area (Å²) in [6, 6.07) is 0. The topological polar surface area (TPSA) is 383 Å². The van der Waals surface area contributed by atoms with Crippen LogP contribution in [0.4, 0.5) is 0 Å². The third-order valence-electron chi connectivity index (χ3n) is 11.3. The van der Waals surface area contributed by atoms with Gasteiger partial charge in [-0.25, -0.2) is 0 Å². The summed E-state index contributed by atoms with van der Waals surface area (Å²) in [6.45, 7) is -3.85. The molecule has 5 aliphatic heterocycles. The number of aliphatic hydroxyl groups excluding tert-OH is 13. The van der Waals surface area contributed by atoms with Crippen LogP contribution in [-0.4, -0.2) is 281 Å². The van der Waals surface area contributed by atoms with Crippen molar-refractivity contribution < 1.29 is 128 Å². The minimum atomic E-state index is -1.84. The van der Waals surface area contributed by atoms with Gasteiger partial charge in [-0.2, -0.15) is 0 Å². The minimum absolute atomic E-state index is 0.699. The summed E-state index contributed by atoms with van der Waals surface area (Å²) in [4.78, 5) is 0. The summed E-state index contributed by atoms with van der Waals surface area (Å²) in [5, 5.41) is 136. The molecule has 0 aromatic heterocycles. The van der Waals surface area contributed by atoms with E-state index in [2.05, 4.69) is 0 Å². The van der Waals surface area contributed by atoms with Gasteiger partial charge in [-0.05, 0) is 0 Å². The van der Waals surface area contributed by atoms with Gasteiger partial charge in [0.2, 0.25) is 0 Å². The van der Waals surface area contributed by atoms with Gasteiger partial charge in [0.15, 0.2) is 31.5 Å². The van der Waals surface area contributed by atoms with E-state index in [0.29, 0.717) is 0 Å². The molecule has 5 rings (SSSR count). The van der Waals surface area contributed by atoms with Crippen molar-refractivity contribution in [1.82, 2.24) is 0 Å². The Morgan fingerprint density at radius 2 is 0.567 bits per heavy atom. The normalized spacial score (nSPS) is 50.5. The second-order valence-corrected chi connectivity index (χ2v) is 14.8. The highest BCUT2D eigenvalue weighted by Crippen LogP contribution is 2.37. The number of aliphatic hydroxyl groups is 13. The molecule has 26 heteroatoms. The SMILES string of the molecule is CO[C@@H]1[C@H](O)[C@@H](O[C@H]2[C@H](OC)[C@H](O)[C@@H](O[C@H]3[C@H](OC)[C@H](O)[C@@H](O[C@H]4[C@H](OC)[C@H](O)C(O)O[C@@H]4CO)O[C@@H]3CO)O[C@@H]2CO)O[C@H](CO)[C@H]1O[C@H]1O[C@H](CO)[C@@H](O)[C@H](O)[C@@H]1O. The Hall–Kier alpha value is -1.04. The molecule has 5 saturated heterocycles. The zero-order chi connectivity index (χ0) is 44.2. The van der Waals surface area contributed by atoms with Crippen LogP contribution in [0.25, 0.3) is 0 Å². The number of hydrogen-bond acceptors (Lipinski definition) is 26. The van der Waals surface area contributed by atoms with Gasteiger partial charge >= 0.3 is 0 Å². The van der Waals surface area contributed by atoms with Crippen molar-refractivity contribution in [3.8, 4) is 0 Å². The van der Waals surface area contributed by atoms with E-state index in [0.717, 1.165) is 0 Å². The molecule has 0 saturated carbocycles. The summed E-state index contributed by atoms with van der Waals surface area (Å²) in [6.07, 6.45) is -38.6. The van der Waals surface area contributed by atoms with Gasteiger partial charge in [-0.15, -0.1) is 0 Å². The fraction of sp³-hybridized carbons (Fsp3) is 1.00. The fourth-order valence-electron chi connectivity index (χ4n) is 8.06. The molecule has 0 amide bonds. The quantitative estimate of drug-likeness (QED) is 0.0645. The maximum Gasteiger partial charge on any atom is 0.187 e. The van der Waals surface area contributed by atoms with Crippen LogP contribution in [0.2, 0.25) is 0 Å². The zero-order valence-corrected chi connectivity index (χ0v) is 33.1. The average Bonchev–Trinajstić information content (AvgIpc) is 3.24. The van der Waals surface area contributed by atoms with Gasteiger partial charge in [0.25, 0.3) is 0 Å². The highest BCUT2D eigenvalue weighted by atomic mass is 16.8. The molecule has 5 heterocycles. The average molecular weight is 885 g/mol. The predicted octanol–water partition coefficient (Wildman–Crippen LogP) is -9.31. The smallest absolute Gasteiger partial charge is 0.187 e. The Morgan fingerprint density at radius 3 is 0.867 bits per heavy atom. The monoisotopic (exact) mass is 884 g/mol. The van der Waals surface area contributed by atoms with Crippen molar-refractivity contribution in [3.05, 3.63) is 0 Å². The molecular weight excluding hydrogens is 824 g/mol. The molecule has 25 atom stereocenters. The van der Waals surface area contributed by atoms with E-state index in [-0.39, 0.29) is 0 Å². The van der Waals surface area contributed by atoms with E-state index in [1.54, 1.807) is 0 Å². The summed E-state index contributed by atoms with van der Waals surface area (Å²) in [5.41, 5.74) is 0. The lowest BCUT2D eigenvalue weighted by Crippen LogP contribution is -2.68. The molecule has 0 aromatic carbocycles. The predicted molar refractivity (Wildman–Crippen MR) is 186 cm³/mol. The molecule has 5 fully saturated rings. The van der Waals surface area contributed by atoms with Crippen LogP contribution in [0.15, 0.2) is 0 Å². The largest absolute Gasteiger partial charge is 0.394 e. The van der Waals surface area contributed by atoms with Gasteiger partial charge in [0, 0.05) is 28.4 Å². The van der Waals surface area contributed by atoms with Crippen LogP contribution < -0.4 is 0 Å². The lowest BCUT2D eigenvalue weighted by molar-refractivity contribution is -0.395. The number of ether oxygens (including phenoxy) is 13. The molecule has 0 aromatic rings. The molecule has 26 nitrogen and oxygen atoms in total. The maximum atomic E-state index is 11.5. The Kier molecular flexibility index (Phi) is 18.5. The first-order valence-electron chi connectivity index (χ1n) is 19.2. The van der Waals surface area contributed by atoms with E-state index in [4.69, 9.17) is 61.6 Å². The second-order valence-electron chi connectivity index (χ2n) is 14.8. The van der Waals surface area contributed by atoms with E-state index < -0.39 is 187 Å². The van der Waals surface area contributed by atoms with Crippen LogP contribution in [0.1, 0.15) is 0 Å². The number of hydrogen-bond donors (Lipinski definition) is 13. The summed E-state index contributed by atoms with van der Waals surface area (Å²) < 4.78 is 73.8. The number of rotatable bonds is 17. The third kappa shape index (κ3) is 10.1. The Labute approximate surface area is 343 Å². The van der Waals surface area contributed by atoms with Gasteiger partial charge in [0.05, 0.1) is 33.0 Å². The molecule has 0 spiro atoms. The zero-order valence-electron chi connectivity index (χ0n) is 33.1. The van der Waals surface area contributed by atoms with E-state index in [1.165, 1.54) is 28.4 Å². The fourth-order valence-corrected chi connectivity index (χ4v) is 8.06. The van der Waals surface area contributed by atoms with Gasteiger partial charge in [-0.1, -0.05) is 0 Å². The van der Waals surface area contributed by atoms with Crippen molar-refractivity contribution in [3.63, 3.8) is 0 Å². The van der Waals surface area contributed by atoms with Gasteiger partial charge < -0.3 is 128 Å². The minimum Gasteiger partial charge on any atom is -0.394 e. The molecule has 1 unspecified atom stereocenters. The Morgan fingerprint density at radius 1 is 0.300 bits per heavy atom. The summed E-state index contributed by atoms with van der Waals surface area (Å²) in [7, 11) is 4.75. The first-order valence-corrected chi connectivity index (χ1v) is 19.2. The van der Waals surface area contributed by atoms with E-state index in [1.807, 2.05) is 0 Å². The second kappa shape index (κ2) is 22.2. The first kappa shape index (κ1) is 50.0. The van der Waals surface area contributed by atoms with Crippen LogP contribution in [0, 0.1) is 0 Å². The molecule has 0 radical (unpaired) electrons. The molecule has 352 valence electrons.